The first-order chi connectivity index (χ1) is 11.0. The molecule has 1 aromatic heterocycles. The number of carbonyl (C=O) groups is 1. The smallest absolute Gasteiger partial charge is 0.260 e. The van der Waals surface area contributed by atoms with Crippen LogP contribution in [0.2, 0.25) is 0 Å². The number of fused-ring (bicyclic) bond motifs is 1. The van der Waals surface area contributed by atoms with Gasteiger partial charge in [0, 0.05) is 18.0 Å². The largest absolute Gasteiger partial charge is 0.484 e. The van der Waals surface area contributed by atoms with E-state index in [1.807, 2.05) is 17.0 Å². The third kappa shape index (κ3) is 3.58. The molecule has 1 aliphatic rings. The van der Waals surface area contributed by atoms with Crippen LogP contribution in [0.1, 0.15) is 41.3 Å². The first-order valence-electron chi connectivity index (χ1n) is 8.11. The van der Waals surface area contributed by atoms with Gasteiger partial charge in [-0.05, 0) is 59.5 Å². The van der Waals surface area contributed by atoms with Crippen molar-refractivity contribution < 1.29 is 9.53 Å². The Labute approximate surface area is 141 Å². The van der Waals surface area contributed by atoms with E-state index < -0.39 is 0 Å². The van der Waals surface area contributed by atoms with Gasteiger partial charge in [-0.25, -0.2) is 0 Å². The summed E-state index contributed by atoms with van der Waals surface area (Å²) in [5.41, 5.74) is 3.82. The molecule has 0 spiro atoms. The first-order valence-corrected chi connectivity index (χ1v) is 8.99. The number of rotatable bonds is 4. The van der Waals surface area contributed by atoms with Crippen LogP contribution in [0.25, 0.3) is 0 Å². The first kappa shape index (κ1) is 16.1. The summed E-state index contributed by atoms with van der Waals surface area (Å²) < 4.78 is 5.72. The average Bonchev–Trinajstić information content (AvgIpc) is 2.99. The second kappa shape index (κ2) is 6.75. The highest BCUT2D eigenvalue weighted by Gasteiger charge is 2.21. The molecule has 1 aliphatic heterocycles. The molecule has 0 bridgehead atoms. The maximum absolute atomic E-state index is 12.4. The number of aryl methyl sites for hydroxylation is 1. The van der Waals surface area contributed by atoms with Crippen molar-refractivity contribution in [3.05, 3.63) is 51.2 Å². The Balaban J connectivity index is 1.58. The lowest BCUT2D eigenvalue weighted by Crippen LogP contribution is -2.38. The third-order valence-electron chi connectivity index (χ3n) is 4.39. The molecule has 0 fully saturated rings. The fraction of sp³-hybridized carbons (Fsp3) is 0.421. The van der Waals surface area contributed by atoms with Crippen molar-refractivity contribution in [1.82, 2.24) is 4.90 Å². The van der Waals surface area contributed by atoms with Gasteiger partial charge in [-0.15, -0.1) is 11.3 Å². The summed E-state index contributed by atoms with van der Waals surface area (Å²) >= 11 is 1.79. The summed E-state index contributed by atoms with van der Waals surface area (Å²) in [5, 5.41) is 2.11. The van der Waals surface area contributed by atoms with Crippen molar-refractivity contribution in [2.75, 3.05) is 13.2 Å². The Bertz CT molecular complexity index is 705. The molecule has 0 N–H and O–H groups in total. The van der Waals surface area contributed by atoms with E-state index in [-0.39, 0.29) is 12.5 Å². The molecular weight excluding hydrogens is 306 g/mol. The zero-order valence-corrected chi connectivity index (χ0v) is 14.8. The van der Waals surface area contributed by atoms with Gasteiger partial charge in [0.1, 0.15) is 5.75 Å². The molecule has 0 saturated heterocycles. The highest BCUT2D eigenvalue weighted by Crippen LogP contribution is 2.25. The van der Waals surface area contributed by atoms with Gasteiger partial charge in [-0.3, -0.25) is 4.79 Å². The SMILES string of the molecule is Cc1cc(OCC(=O)N2CCc3sccc3C2)ccc1C(C)C. The molecule has 2 aromatic rings. The van der Waals surface area contributed by atoms with Crippen LogP contribution in [-0.2, 0) is 17.8 Å². The molecule has 0 aliphatic carbocycles. The van der Waals surface area contributed by atoms with Gasteiger partial charge in [0.25, 0.3) is 5.91 Å². The molecule has 1 amide bonds. The van der Waals surface area contributed by atoms with Crippen LogP contribution in [0.4, 0.5) is 0 Å². The van der Waals surface area contributed by atoms with Gasteiger partial charge in [-0.1, -0.05) is 19.9 Å². The lowest BCUT2D eigenvalue weighted by molar-refractivity contribution is -0.134. The Hall–Kier alpha value is -1.81. The molecule has 0 unspecified atom stereocenters. The maximum Gasteiger partial charge on any atom is 0.260 e. The van der Waals surface area contributed by atoms with E-state index >= 15 is 0 Å². The molecule has 0 atom stereocenters. The molecule has 3 nitrogen and oxygen atoms in total. The van der Waals surface area contributed by atoms with E-state index in [4.69, 9.17) is 4.74 Å². The van der Waals surface area contributed by atoms with Crippen LogP contribution in [0.3, 0.4) is 0 Å². The molecule has 0 radical (unpaired) electrons. The predicted octanol–water partition coefficient (Wildman–Crippen LogP) is 4.14. The fourth-order valence-corrected chi connectivity index (χ4v) is 3.97. The zero-order chi connectivity index (χ0) is 16.4. The number of thiophene rings is 1. The summed E-state index contributed by atoms with van der Waals surface area (Å²) in [6, 6.07) is 8.20. The molecule has 2 heterocycles. The van der Waals surface area contributed by atoms with Gasteiger partial charge in [0.05, 0.1) is 0 Å². The Kier molecular flexibility index (Phi) is 4.71. The Morgan fingerprint density at radius 2 is 2.17 bits per heavy atom. The summed E-state index contributed by atoms with van der Waals surface area (Å²) in [6.07, 6.45) is 0.959. The predicted molar refractivity (Wildman–Crippen MR) is 94.2 cm³/mol. The number of amides is 1. The molecular formula is C19H23NO2S. The van der Waals surface area contributed by atoms with Gasteiger partial charge < -0.3 is 9.64 Å². The summed E-state index contributed by atoms with van der Waals surface area (Å²) in [5.74, 6) is 1.33. The standard InChI is InChI=1S/C19H23NO2S/c1-13(2)17-5-4-16(10-14(17)3)22-12-19(21)20-8-6-18-15(11-20)7-9-23-18/h4-5,7,9-10,13H,6,8,11-12H2,1-3H3. The minimum Gasteiger partial charge on any atom is -0.484 e. The van der Waals surface area contributed by atoms with E-state index in [1.165, 1.54) is 21.6 Å². The maximum atomic E-state index is 12.4. The van der Waals surface area contributed by atoms with Crippen molar-refractivity contribution >= 4 is 17.2 Å². The van der Waals surface area contributed by atoms with Gasteiger partial charge in [0.2, 0.25) is 0 Å². The number of hydrogen-bond acceptors (Lipinski definition) is 3. The van der Waals surface area contributed by atoms with E-state index in [0.717, 1.165) is 18.7 Å². The third-order valence-corrected chi connectivity index (χ3v) is 5.41. The lowest BCUT2D eigenvalue weighted by Gasteiger charge is -2.27. The summed E-state index contributed by atoms with van der Waals surface area (Å²) in [4.78, 5) is 15.7. The Morgan fingerprint density at radius 3 is 2.91 bits per heavy atom. The molecule has 0 saturated carbocycles. The van der Waals surface area contributed by atoms with Crippen molar-refractivity contribution in [1.29, 1.82) is 0 Å². The van der Waals surface area contributed by atoms with Gasteiger partial charge in [-0.2, -0.15) is 0 Å². The molecule has 23 heavy (non-hydrogen) atoms. The fourth-order valence-electron chi connectivity index (χ4n) is 3.08. The highest BCUT2D eigenvalue weighted by molar-refractivity contribution is 7.10. The average molecular weight is 329 g/mol. The molecule has 122 valence electrons. The van der Waals surface area contributed by atoms with Crippen LogP contribution >= 0.6 is 11.3 Å². The quantitative estimate of drug-likeness (QED) is 0.843. The second-order valence-electron chi connectivity index (χ2n) is 6.40. The normalized spacial score (nSPS) is 14.0. The van der Waals surface area contributed by atoms with E-state index in [1.54, 1.807) is 11.3 Å². The highest BCUT2D eigenvalue weighted by atomic mass is 32.1. The van der Waals surface area contributed by atoms with Crippen molar-refractivity contribution in [2.45, 2.75) is 39.7 Å². The second-order valence-corrected chi connectivity index (χ2v) is 7.40. The van der Waals surface area contributed by atoms with Crippen LogP contribution in [0.15, 0.2) is 29.6 Å². The van der Waals surface area contributed by atoms with E-state index in [9.17, 15) is 4.79 Å². The van der Waals surface area contributed by atoms with Gasteiger partial charge in [0.15, 0.2) is 6.61 Å². The van der Waals surface area contributed by atoms with Gasteiger partial charge >= 0.3 is 0 Å². The van der Waals surface area contributed by atoms with E-state index in [2.05, 4.69) is 38.3 Å². The molecule has 3 rings (SSSR count). The number of carbonyl (C=O) groups excluding carboxylic acids is 1. The number of hydrogen-bond donors (Lipinski definition) is 0. The lowest BCUT2D eigenvalue weighted by atomic mass is 9.98. The summed E-state index contributed by atoms with van der Waals surface area (Å²) in [7, 11) is 0. The molecule has 4 heteroatoms. The van der Waals surface area contributed by atoms with Crippen molar-refractivity contribution in [3.63, 3.8) is 0 Å². The summed E-state index contributed by atoms with van der Waals surface area (Å²) in [6.45, 7) is 8.07. The minimum atomic E-state index is 0.0624. The van der Waals surface area contributed by atoms with Crippen LogP contribution in [0, 0.1) is 6.92 Å². The van der Waals surface area contributed by atoms with E-state index in [0.29, 0.717) is 12.5 Å². The van der Waals surface area contributed by atoms with Crippen LogP contribution in [0.5, 0.6) is 5.75 Å². The van der Waals surface area contributed by atoms with Crippen molar-refractivity contribution in [3.8, 4) is 5.75 Å². The monoisotopic (exact) mass is 329 g/mol. The number of benzene rings is 1. The zero-order valence-electron chi connectivity index (χ0n) is 14.0. The number of ether oxygens (including phenoxy) is 1. The van der Waals surface area contributed by atoms with Crippen molar-refractivity contribution in [2.24, 2.45) is 0 Å². The molecule has 1 aromatic carbocycles. The van der Waals surface area contributed by atoms with Crippen LogP contribution < -0.4 is 4.74 Å². The Morgan fingerprint density at radius 1 is 1.35 bits per heavy atom. The number of nitrogens with zero attached hydrogens (tertiary/aromatic N) is 1. The topological polar surface area (TPSA) is 29.5 Å². The minimum absolute atomic E-state index is 0.0624. The van der Waals surface area contributed by atoms with Crippen LogP contribution in [-0.4, -0.2) is 24.0 Å².